The second-order valence-corrected chi connectivity index (χ2v) is 4.45. The fraction of sp³-hybridized carbons (Fsp3) is 0.100. The van der Waals surface area contributed by atoms with Crippen LogP contribution < -0.4 is 0 Å². The van der Waals surface area contributed by atoms with E-state index in [-0.39, 0.29) is 16.1 Å². The molecule has 0 saturated carbocycles. The number of hydrogen-bond acceptors (Lipinski definition) is 1. The zero-order valence-electron chi connectivity index (χ0n) is 7.65. The van der Waals surface area contributed by atoms with Gasteiger partial charge >= 0.3 is 6.18 Å². The molecular weight excluding hydrogens is 306 g/mol. The van der Waals surface area contributed by atoms with E-state index in [9.17, 15) is 13.2 Å². The molecule has 0 N–H and O–H groups in total. The average molecular weight is 311 g/mol. The van der Waals surface area contributed by atoms with Crippen LogP contribution in [0, 0.1) is 0 Å². The predicted octanol–water partition coefficient (Wildman–Crippen LogP) is 4.67. The Morgan fingerprint density at radius 1 is 1.19 bits per heavy atom. The van der Waals surface area contributed by atoms with E-state index in [4.69, 9.17) is 11.6 Å². The molecule has 1 aromatic heterocycles. The molecule has 0 unspecified atom stereocenters. The van der Waals surface area contributed by atoms with E-state index in [0.29, 0.717) is 4.47 Å². The van der Waals surface area contributed by atoms with E-state index in [1.807, 2.05) is 0 Å². The lowest BCUT2D eigenvalue weighted by molar-refractivity contribution is -0.136. The molecule has 0 amide bonds. The van der Waals surface area contributed by atoms with Crippen LogP contribution in [0.4, 0.5) is 13.2 Å². The monoisotopic (exact) mass is 309 g/mol. The van der Waals surface area contributed by atoms with Crippen molar-refractivity contribution in [3.8, 4) is 0 Å². The second kappa shape index (κ2) is 3.89. The Labute approximate surface area is 102 Å². The van der Waals surface area contributed by atoms with Gasteiger partial charge in [-0.15, -0.1) is 0 Å². The SMILES string of the molecule is FC(F)(F)c1cc(Cl)nc2cc(Br)ccc12. The molecule has 0 aliphatic carbocycles. The highest BCUT2D eigenvalue weighted by Gasteiger charge is 2.33. The van der Waals surface area contributed by atoms with Crippen LogP contribution in [0.25, 0.3) is 10.9 Å². The van der Waals surface area contributed by atoms with Crippen molar-refractivity contribution in [2.75, 3.05) is 0 Å². The average Bonchev–Trinajstić information content (AvgIpc) is 2.14. The maximum atomic E-state index is 12.7. The van der Waals surface area contributed by atoms with Crippen LogP contribution in [0.5, 0.6) is 0 Å². The quantitative estimate of drug-likeness (QED) is 0.644. The van der Waals surface area contributed by atoms with Crippen molar-refractivity contribution < 1.29 is 13.2 Å². The maximum Gasteiger partial charge on any atom is 0.417 e. The molecule has 1 aromatic carbocycles. The van der Waals surface area contributed by atoms with Gasteiger partial charge in [0.2, 0.25) is 0 Å². The van der Waals surface area contributed by atoms with Crippen LogP contribution in [0.1, 0.15) is 5.56 Å². The van der Waals surface area contributed by atoms with Crippen LogP contribution >= 0.6 is 27.5 Å². The number of pyridine rings is 1. The molecule has 2 aromatic rings. The van der Waals surface area contributed by atoms with Crippen molar-refractivity contribution in [2.24, 2.45) is 0 Å². The molecule has 2 rings (SSSR count). The van der Waals surface area contributed by atoms with Crippen LogP contribution in [-0.4, -0.2) is 4.98 Å². The minimum Gasteiger partial charge on any atom is -0.236 e. The Morgan fingerprint density at radius 2 is 1.88 bits per heavy atom. The summed E-state index contributed by atoms with van der Waals surface area (Å²) in [6.45, 7) is 0. The van der Waals surface area contributed by atoms with Crippen molar-refractivity contribution in [3.05, 3.63) is 39.5 Å². The van der Waals surface area contributed by atoms with Crippen LogP contribution in [0.15, 0.2) is 28.7 Å². The van der Waals surface area contributed by atoms with E-state index in [1.54, 1.807) is 0 Å². The molecule has 0 saturated heterocycles. The summed E-state index contributed by atoms with van der Waals surface area (Å²) in [5.74, 6) is 0. The zero-order valence-corrected chi connectivity index (χ0v) is 9.99. The second-order valence-electron chi connectivity index (χ2n) is 3.15. The van der Waals surface area contributed by atoms with Gasteiger partial charge in [0.25, 0.3) is 0 Å². The molecule has 0 aliphatic rings. The molecule has 0 atom stereocenters. The highest BCUT2D eigenvalue weighted by Crippen LogP contribution is 2.36. The van der Waals surface area contributed by atoms with E-state index < -0.39 is 11.7 Å². The predicted molar refractivity (Wildman–Crippen MR) is 59.5 cm³/mol. The molecular formula is C10H4BrClF3N. The van der Waals surface area contributed by atoms with Gasteiger partial charge in [0.1, 0.15) is 5.15 Å². The minimum atomic E-state index is -4.43. The molecule has 1 nitrogen and oxygen atoms in total. The first kappa shape index (κ1) is 11.7. The normalized spacial score (nSPS) is 12.1. The Bertz CT molecular complexity index is 548. The van der Waals surface area contributed by atoms with Gasteiger partial charge in [-0.05, 0) is 18.2 Å². The largest absolute Gasteiger partial charge is 0.417 e. The lowest BCUT2D eigenvalue weighted by Crippen LogP contribution is -2.06. The Kier molecular flexibility index (Phi) is 2.84. The van der Waals surface area contributed by atoms with Gasteiger partial charge in [0, 0.05) is 9.86 Å². The third-order valence-corrected chi connectivity index (χ3v) is 2.73. The lowest BCUT2D eigenvalue weighted by atomic mass is 10.1. The Balaban J connectivity index is 2.83. The molecule has 16 heavy (non-hydrogen) atoms. The molecule has 0 fully saturated rings. The molecule has 1 heterocycles. The summed E-state index contributed by atoms with van der Waals surface area (Å²) in [5.41, 5.74) is -0.552. The Hall–Kier alpha value is -0.810. The number of fused-ring (bicyclic) bond motifs is 1. The number of hydrogen-bond donors (Lipinski definition) is 0. The summed E-state index contributed by atoms with van der Waals surface area (Å²) >= 11 is 8.72. The number of benzene rings is 1. The number of rotatable bonds is 0. The number of aromatic nitrogens is 1. The summed E-state index contributed by atoms with van der Waals surface area (Å²) in [7, 11) is 0. The zero-order chi connectivity index (χ0) is 11.9. The topological polar surface area (TPSA) is 12.9 Å². The summed E-state index contributed by atoms with van der Waals surface area (Å²) in [6.07, 6.45) is -4.43. The first-order chi connectivity index (χ1) is 7.38. The van der Waals surface area contributed by atoms with Gasteiger partial charge in [-0.1, -0.05) is 33.6 Å². The van der Waals surface area contributed by atoms with Gasteiger partial charge in [-0.2, -0.15) is 13.2 Å². The third-order valence-electron chi connectivity index (χ3n) is 2.05. The third kappa shape index (κ3) is 2.15. The van der Waals surface area contributed by atoms with Crippen molar-refractivity contribution in [1.29, 1.82) is 0 Å². The molecule has 84 valence electrons. The van der Waals surface area contributed by atoms with Crippen molar-refractivity contribution in [1.82, 2.24) is 4.98 Å². The van der Waals surface area contributed by atoms with E-state index in [2.05, 4.69) is 20.9 Å². The molecule has 6 heteroatoms. The fourth-order valence-corrected chi connectivity index (χ4v) is 1.95. The molecule has 0 spiro atoms. The maximum absolute atomic E-state index is 12.7. The lowest BCUT2D eigenvalue weighted by Gasteiger charge is -2.10. The van der Waals surface area contributed by atoms with Gasteiger partial charge in [0.05, 0.1) is 11.1 Å². The number of nitrogens with zero attached hydrogens (tertiary/aromatic N) is 1. The summed E-state index contributed by atoms with van der Waals surface area (Å²) in [4.78, 5) is 3.85. The van der Waals surface area contributed by atoms with Crippen LogP contribution in [-0.2, 0) is 6.18 Å². The standard InChI is InChI=1S/C10H4BrClF3N/c11-5-1-2-6-7(10(13,14)15)4-9(12)16-8(6)3-5/h1-4H. The van der Waals surface area contributed by atoms with E-state index in [1.165, 1.54) is 18.2 Å². The highest BCUT2D eigenvalue weighted by atomic mass is 79.9. The van der Waals surface area contributed by atoms with E-state index in [0.717, 1.165) is 6.07 Å². The summed E-state index contributed by atoms with van der Waals surface area (Å²) in [6, 6.07) is 5.23. The van der Waals surface area contributed by atoms with Crippen LogP contribution in [0.2, 0.25) is 5.15 Å². The number of alkyl halides is 3. The van der Waals surface area contributed by atoms with Gasteiger partial charge < -0.3 is 0 Å². The van der Waals surface area contributed by atoms with E-state index >= 15 is 0 Å². The molecule has 0 bridgehead atoms. The van der Waals surface area contributed by atoms with Crippen molar-refractivity contribution in [3.63, 3.8) is 0 Å². The van der Waals surface area contributed by atoms with Crippen molar-refractivity contribution in [2.45, 2.75) is 6.18 Å². The first-order valence-corrected chi connectivity index (χ1v) is 5.38. The summed E-state index contributed by atoms with van der Waals surface area (Å²) in [5, 5.41) is -0.127. The van der Waals surface area contributed by atoms with Crippen molar-refractivity contribution >= 4 is 38.4 Å². The van der Waals surface area contributed by atoms with Gasteiger partial charge in [-0.25, -0.2) is 4.98 Å². The first-order valence-electron chi connectivity index (χ1n) is 4.21. The molecule has 0 radical (unpaired) electrons. The van der Waals surface area contributed by atoms with Gasteiger partial charge in [-0.3, -0.25) is 0 Å². The Morgan fingerprint density at radius 3 is 2.50 bits per heavy atom. The highest BCUT2D eigenvalue weighted by molar-refractivity contribution is 9.10. The number of halogens is 5. The smallest absolute Gasteiger partial charge is 0.236 e. The van der Waals surface area contributed by atoms with Crippen LogP contribution in [0.3, 0.4) is 0 Å². The minimum absolute atomic E-state index is 0.0418. The summed E-state index contributed by atoms with van der Waals surface area (Å²) < 4.78 is 38.8. The molecule has 0 aliphatic heterocycles. The fourth-order valence-electron chi connectivity index (χ4n) is 1.40. The van der Waals surface area contributed by atoms with Gasteiger partial charge in [0.15, 0.2) is 0 Å².